The van der Waals surface area contributed by atoms with Gasteiger partial charge < -0.3 is 14.0 Å². The lowest BCUT2D eigenvalue weighted by Gasteiger charge is -2.04. The van der Waals surface area contributed by atoms with Crippen molar-refractivity contribution in [3.8, 4) is 17.1 Å². The molecule has 6 heteroatoms. The van der Waals surface area contributed by atoms with Crippen molar-refractivity contribution in [3.63, 3.8) is 0 Å². The molecule has 0 spiro atoms. The van der Waals surface area contributed by atoms with E-state index in [1.54, 1.807) is 19.2 Å². The first-order valence-electron chi connectivity index (χ1n) is 7.37. The molecule has 0 saturated carbocycles. The number of benzene rings is 2. The Bertz CT molecular complexity index is 840. The van der Waals surface area contributed by atoms with Gasteiger partial charge in [0.05, 0.1) is 12.7 Å². The Balaban J connectivity index is 1.66. The number of aromatic nitrogens is 2. The Morgan fingerprint density at radius 3 is 2.58 bits per heavy atom. The van der Waals surface area contributed by atoms with Gasteiger partial charge in [0.15, 0.2) is 6.61 Å². The van der Waals surface area contributed by atoms with E-state index in [0.717, 1.165) is 16.9 Å². The van der Waals surface area contributed by atoms with Crippen LogP contribution in [0.1, 0.15) is 21.8 Å². The monoisotopic (exact) mass is 324 g/mol. The summed E-state index contributed by atoms with van der Waals surface area (Å²) in [5, 5.41) is 3.89. The van der Waals surface area contributed by atoms with E-state index < -0.39 is 5.97 Å². The summed E-state index contributed by atoms with van der Waals surface area (Å²) in [6, 6.07) is 14.5. The van der Waals surface area contributed by atoms with Crippen LogP contribution in [0.4, 0.5) is 0 Å². The average molecular weight is 324 g/mol. The molecule has 122 valence electrons. The highest BCUT2D eigenvalue weighted by Crippen LogP contribution is 2.20. The van der Waals surface area contributed by atoms with Gasteiger partial charge in [0.2, 0.25) is 5.82 Å². The first kappa shape index (κ1) is 15.7. The van der Waals surface area contributed by atoms with Crippen LogP contribution in [0.5, 0.6) is 5.75 Å². The van der Waals surface area contributed by atoms with E-state index in [1.165, 1.54) is 0 Å². The molecular formula is C18H16N2O4. The number of hydrogen-bond donors (Lipinski definition) is 0. The summed E-state index contributed by atoms with van der Waals surface area (Å²) >= 11 is 0. The quantitative estimate of drug-likeness (QED) is 0.670. The number of aryl methyl sites for hydroxylation is 1. The average Bonchev–Trinajstić information content (AvgIpc) is 3.09. The van der Waals surface area contributed by atoms with Crippen LogP contribution in [-0.4, -0.2) is 23.2 Å². The zero-order valence-corrected chi connectivity index (χ0v) is 13.4. The molecule has 0 fully saturated rings. The fraction of sp³-hybridized carbons (Fsp3) is 0.167. The van der Waals surface area contributed by atoms with Crippen molar-refractivity contribution in [1.82, 2.24) is 10.1 Å². The van der Waals surface area contributed by atoms with Crippen LogP contribution in [0.25, 0.3) is 11.4 Å². The number of esters is 1. The van der Waals surface area contributed by atoms with Gasteiger partial charge in [0.1, 0.15) is 5.75 Å². The van der Waals surface area contributed by atoms with Crippen molar-refractivity contribution in [2.75, 3.05) is 7.11 Å². The summed E-state index contributed by atoms with van der Waals surface area (Å²) in [5.74, 6) is 0.995. The fourth-order valence-electron chi connectivity index (χ4n) is 2.18. The maximum absolute atomic E-state index is 12.1. The van der Waals surface area contributed by atoms with Gasteiger partial charge in [-0.25, -0.2) is 4.79 Å². The predicted molar refractivity (Wildman–Crippen MR) is 86.6 cm³/mol. The molecule has 24 heavy (non-hydrogen) atoms. The Labute approximate surface area is 139 Å². The van der Waals surface area contributed by atoms with Crippen molar-refractivity contribution in [2.24, 2.45) is 0 Å². The maximum Gasteiger partial charge on any atom is 0.338 e. The van der Waals surface area contributed by atoms with Gasteiger partial charge in [-0.2, -0.15) is 4.98 Å². The second-order valence-electron chi connectivity index (χ2n) is 5.13. The fourth-order valence-corrected chi connectivity index (χ4v) is 2.18. The van der Waals surface area contributed by atoms with Gasteiger partial charge in [-0.1, -0.05) is 23.4 Å². The summed E-state index contributed by atoms with van der Waals surface area (Å²) in [4.78, 5) is 16.3. The second-order valence-corrected chi connectivity index (χ2v) is 5.13. The number of carbonyl (C=O) groups excluding carboxylic acids is 1. The number of rotatable bonds is 5. The molecule has 0 amide bonds. The summed E-state index contributed by atoms with van der Waals surface area (Å²) < 4.78 is 15.5. The normalized spacial score (nSPS) is 10.4. The zero-order chi connectivity index (χ0) is 16.9. The molecule has 0 aliphatic rings. The van der Waals surface area contributed by atoms with E-state index in [2.05, 4.69) is 10.1 Å². The molecule has 0 radical (unpaired) electrons. The number of nitrogens with zero attached hydrogens (tertiary/aromatic N) is 2. The van der Waals surface area contributed by atoms with Crippen LogP contribution in [0.2, 0.25) is 0 Å². The van der Waals surface area contributed by atoms with Crippen molar-refractivity contribution >= 4 is 5.97 Å². The number of carbonyl (C=O) groups is 1. The van der Waals surface area contributed by atoms with E-state index >= 15 is 0 Å². The first-order valence-corrected chi connectivity index (χ1v) is 7.37. The van der Waals surface area contributed by atoms with Gasteiger partial charge in [0, 0.05) is 5.56 Å². The van der Waals surface area contributed by atoms with Crippen LogP contribution >= 0.6 is 0 Å². The lowest BCUT2D eigenvalue weighted by molar-refractivity contribution is 0.0429. The van der Waals surface area contributed by atoms with Crippen LogP contribution in [0.15, 0.2) is 53.1 Å². The lowest BCUT2D eigenvalue weighted by atomic mass is 10.1. The maximum atomic E-state index is 12.1. The van der Waals surface area contributed by atoms with E-state index in [1.807, 2.05) is 43.3 Å². The topological polar surface area (TPSA) is 74.5 Å². The van der Waals surface area contributed by atoms with E-state index in [9.17, 15) is 4.79 Å². The SMILES string of the molecule is COc1ccc(-c2noc(COC(=O)c3ccccc3C)n2)cc1. The van der Waals surface area contributed by atoms with Gasteiger partial charge in [-0.15, -0.1) is 0 Å². The molecule has 0 N–H and O–H groups in total. The van der Waals surface area contributed by atoms with Crippen LogP contribution in [0, 0.1) is 6.92 Å². The Morgan fingerprint density at radius 1 is 1.12 bits per heavy atom. The molecule has 3 rings (SSSR count). The molecule has 0 aliphatic carbocycles. The number of methoxy groups -OCH3 is 1. The molecule has 0 atom stereocenters. The predicted octanol–water partition coefficient (Wildman–Crippen LogP) is 3.41. The first-order chi connectivity index (χ1) is 11.7. The standard InChI is InChI=1S/C18H16N2O4/c1-12-5-3-4-6-15(12)18(21)23-11-16-19-17(20-24-16)13-7-9-14(22-2)10-8-13/h3-10H,11H2,1-2H3. The Kier molecular flexibility index (Phi) is 4.56. The third kappa shape index (κ3) is 3.43. The molecular weight excluding hydrogens is 308 g/mol. The molecule has 0 unspecified atom stereocenters. The molecule has 0 aliphatic heterocycles. The lowest BCUT2D eigenvalue weighted by Crippen LogP contribution is -2.07. The number of ether oxygens (including phenoxy) is 2. The summed E-state index contributed by atoms with van der Waals surface area (Å²) in [6.45, 7) is 1.78. The van der Waals surface area contributed by atoms with Crippen molar-refractivity contribution in [1.29, 1.82) is 0 Å². The van der Waals surface area contributed by atoms with Gasteiger partial charge in [-0.3, -0.25) is 0 Å². The molecule has 0 saturated heterocycles. The molecule has 2 aromatic carbocycles. The minimum Gasteiger partial charge on any atom is -0.497 e. The second kappa shape index (κ2) is 6.95. The molecule has 1 aromatic heterocycles. The van der Waals surface area contributed by atoms with Crippen LogP contribution < -0.4 is 4.74 Å². The molecule has 3 aromatic rings. The van der Waals surface area contributed by atoms with E-state index in [4.69, 9.17) is 14.0 Å². The highest BCUT2D eigenvalue weighted by atomic mass is 16.6. The Morgan fingerprint density at radius 2 is 1.88 bits per heavy atom. The van der Waals surface area contributed by atoms with Gasteiger partial charge in [0.25, 0.3) is 5.89 Å². The van der Waals surface area contributed by atoms with Crippen molar-refractivity contribution in [2.45, 2.75) is 13.5 Å². The number of hydrogen-bond acceptors (Lipinski definition) is 6. The third-order valence-electron chi connectivity index (χ3n) is 3.51. The van der Waals surface area contributed by atoms with Gasteiger partial charge >= 0.3 is 5.97 Å². The molecule has 6 nitrogen and oxygen atoms in total. The minimum absolute atomic E-state index is 0.0731. The highest BCUT2D eigenvalue weighted by molar-refractivity contribution is 5.90. The Hall–Kier alpha value is -3.15. The summed E-state index contributed by atoms with van der Waals surface area (Å²) in [5.41, 5.74) is 2.16. The highest BCUT2D eigenvalue weighted by Gasteiger charge is 2.13. The zero-order valence-electron chi connectivity index (χ0n) is 13.4. The largest absolute Gasteiger partial charge is 0.497 e. The summed E-state index contributed by atoms with van der Waals surface area (Å²) in [6.07, 6.45) is 0. The summed E-state index contributed by atoms with van der Waals surface area (Å²) in [7, 11) is 1.60. The molecule has 1 heterocycles. The van der Waals surface area contributed by atoms with Gasteiger partial charge in [-0.05, 0) is 42.8 Å². The van der Waals surface area contributed by atoms with E-state index in [-0.39, 0.29) is 12.5 Å². The minimum atomic E-state index is -0.419. The van der Waals surface area contributed by atoms with Crippen molar-refractivity contribution in [3.05, 3.63) is 65.5 Å². The third-order valence-corrected chi connectivity index (χ3v) is 3.51. The van der Waals surface area contributed by atoms with Crippen LogP contribution in [-0.2, 0) is 11.3 Å². The van der Waals surface area contributed by atoms with Crippen LogP contribution in [0.3, 0.4) is 0 Å². The molecule has 0 bridgehead atoms. The van der Waals surface area contributed by atoms with E-state index in [0.29, 0.717) is 11.4 Å². The van der Waals surface area contributed by atoms with Crippen molar-refractivity contribution < 1.29 is 18.8 Å². The smallest absolute Gasteiger partial charge is 0.338 e.